The van der Waals surface area contributed by atoms with Crippen molar-refractivity contribution < 1.29 is 19.7 Å². The Kier molecular flexibility index (Phi) is 6.82. The number of Topliss-reactive ketones (excluding diaryl/α,β-unsaturated/α-hetero) is 1. The van der Waals surface area contributed by atoms with Gasteiger partial charge in [0.2, 0.25) is 0 Å². The van der Waals surface area contributed by atoms with Crippen LogP contribution in [0.2, 0.25) is 5.02 Å². The Bertz CT molecular complexity index is 923. The van der Waals surface area contributed by atoms with Crippen LogP contribution >= 0.6 is 11.6 Å². The molecule has 2 N–H and O–H groups in total. The molecule has 0 saturated heterocycles. The lowest BCUT2D eigenvalue weighted by Crippen LogP contribution is -2.24. The lowest BCUT2D eigenvalue weighted by atomic mass is 9.99. The van der Waals surface area contributed by atoms with Gasteiger partial charge in [0.15, 0.2) is 5.78 Å². The minimum absolute atomic E-state index is 0.323. The fraction of sp³-hybridized carbons (Fsp3) is 0.174. The van der Waals surface area contributed by atoms with E-state index in [0.717, 1.165) is 22.4 Å². The quantitative estimate of drug-likeness (QED) is 0.564. The van der Waals surface area contributed by atoms with E-state index in [9.17, 15) is 9.90 Å². The van der Waals surface area contributed by atoms with Crippen LogP contribution in [0.25, 0.3) is 0 Å². The monoisotopic (exact) mass is 396 g/mol. The van der Waals surface area contributed by atoms with Gasteiger partial charge >= 0.3 is 0 Å². The van der Waals surface area contributed by atoms with Gasteiger partial charge in [0.1, 0.15) is 18.5 Å². The summed E-state index contributed by atoms with van der Waals surface area (Å²) in [6.07, 6.45) is -0.885. The van der Waals surface area contributed by atoms with Crippen molar-refractivity contribution in [1.29, 1.82) is 0 Å². The van der Waals surface area contributed by atoms with Crippen molar-refractivity contribution in [2.45, 2.75) is 19.1 Å². The van der Waals surface area contributed by atoms with Crippen LogP contribution in [0.1, 0.15) is 27.0 Å². The van der Waals surface area contributed by atoms with Crippen molar-refractivity contribution >= 4 is 17.4 Å². The molecule has 0 aliphatic heterocycles. The van der Waals surface area contributed by atoms with Crippen LogP contribution in [-0.4, -0.2) is 28.7 Å². The number of halogens is 1. The summed E-state index contributed by atoms with van der Waals surface area (Å²) in [6, 6.07) is 22.5. The van der Waals surface area contributed by atoms with E-state index < -0.39 is 18.5 Å². The first-order valence-electron chi connectivity index (χ1n) is 8.94. The van der Waals surface area contributed by atoms with Crippen LogP contribution < -0.4 is 4.74 Å². The van der Waals surface area contributed by atoms with E-state index >= 15 is 0 Å². The Hall–Kier alpha value is -2.66. The number of ether oxygens (including phenoxy) is 1. The topological polar surface area (TPSA) is 66.8 Å². The smallest absolute Gasteiger partial charge is 0.193 e. The highest BCUT2D eigenvalue weighted by atomic mass is 35.5. The highest BCUT2D eigenvalue weighted by molar-refractivity contribution is 6.31. The molecule has 0 saturated carbocycles. The number of benzene rings is 3. The van der Waals surface area contributed by atoms with Crippen LogP contribution in [0.4, 0.5) is 0 Å². The highest BCUT2D eigenvalue weighted by Gasteiger charge is 2.17. The molecule has 0 aliphatic carbocycles. The van der Waals surface area contributed by atoms with E-state index in [4.69, 9.17) is 21.4 Å². The second-order valence-corrected chi connectivity index (χ2v) is 6.87. The van der Waals surface area contributed by atoms with Crippen LogP contribution in [0.5, 0.6) is 5.75 Å². The number of carbonyl (C=O) groups is 1. The number of aliphatic hydroxyl groups is 2. The third-order valence-corrected chi connectivity index (χ3v) is 4.74. The molecule has 4 nitrogen and oxygen atoms in total. The number of carbonyl (C=O) groups excluding carboxylic acids is 1. The number of rotatable bonds is 8. The van der Waals surface area contributed by atoms with Crippen molar-refractivity contribution in [3.05, 3.63) is 100 Å². The van der Waals surface area contributed by atoms with E-state index in [2.05, 4.69) is 0 Å². The van der Waals surface area contributed by atoms with E-state index in [0.29, 0.717) is 23.6 Å². The molecule has 144 valence electrons. The largest absolute Gasteiger partial charge is 0.489 e. The molecule has 0 bridgehead atoms. The summed E-state index contributed by atoms with van der Waals surface area (Å²) >= 11 is 6.27. The van der Waals surface area contributed by atoms with Gasteiger partial charge in [0, 0.05) is 10.6 Å². The standard InChI is InChI=1S/C23H21ClO4/c24-21-11-8-18(23(27)22(26)14-25)13-19(21)12-16-6-9-20(10-7-16)28-15-17-4-2-1-3-5-17/h1-11,13,22,25-26H,12,14-15H2/t22-/m1/s1. The predicted molar refractivity (Wildman–Crippen MR) is 109 cm³/mol. The summed E-state index contributed by atoms with van der Waals surface area (Å²) < 4.78 is 5.79. The van der Waals surface area contributed by atoms with Gasteiger partial charge < -0.3 is 14.9 Å². The maximum absolute atomic E-state index is 12.1. The summed E-state index contributed by atoms with van der Waals surface area (Å²) in [7, 11) is 0. The molecule has 3 rings (SSSR count). The number of hydrogen-bond acceptors (Lipinski definition) is 4. The van der Waals surface area contributed by atoms with Gasteiger partial charge in [0.25, 0.3) is 0 Å². The summed E-state index contributed by atoms with van der Waals surface area (Å²) in [6.45, 7) is -0.107. The zero-order valence-electron chi connectivity index (χ0n) is 15.2. The van der Waals surface area contributed by atoms with Gasteiger partial charge in [-0.1, -0.05) is 54.1 Å². The Morgan fingerprint density at radius 3 is 2.36 bits per heavy atom. The molecule has 0 aromatic heterocycles. The van der Waals surface area contributed by atoms with Crippen LogP contribution in [0, 0.1) is 0 Å². The maximum Gasteiger partial charge on any atom is 0.193 e. The molecule has 3 aromatic carbocycles. The molecule has 0 fully saturated rings. The fourth-order valence-corrected chi connectivity index (χ4v) is 2.99. The molecule has 0 amide bonds. The fourth-order valence-electron chi connectivity index (χ4n) is 2.80. The lowest BCUT2D eigenvalue weighted by molar-refractivity contribution is 0.0587. The average Bonchev–Trinajstić information content (AvgIpc) is 2.74. The highest BCUT2D eigenvalue weighted by Crippen LogP contribution is 2.23. The Morgan fingerprint density at radius 2 is 1.68 bits per heavy atom. The zero-order chi connectivity index (χ0) is 19.9. The van der Waals surface area contributed by atoms with Gasteiger partial charge in [-0.25, -0.2) is 0 Å². The van der Waals surface area contributed by atoms with Crippen LogP contribution in [0.15, 0.2) is 72.8 Å². The molecule has 0 aliphatic rings. The maximum atomic E-state index is 12.1. The summed E-state index contributed by atoms with van der Waals surface area (Å²) in [5.74, 6) is 0.249. The Labute approximate surface area is 169 Å². The summed E-state index contributed by atoms with van der Waals surface area (Å²) in [4.78, 5) is 12.1. The van der Waals surface area contributed by atoms with E-state index in [-0.39, 0.29) is 0 Å². The minimum atomic E-state index is -1.42. The van der Waals surface area contributed by atoms with E-state index in [1.54, 1.807) is 18.2 Å². The lowest BCUT2D eigenvalue weighted by Gasteiger charge is -2.11. The molecule has 0 heterocycles. The van der Waals surface area contributed by atoms with Crippen molar-refractivity contribution in [2.24, 2.45) is 0 Å². The van der Waals surface area contributed by atoms with Gasteiger partial charge in [0.05, 0.1) is 6.61 Å². The summed E-state index contributed by atoms with van der Waals surface area (Å²) in [5.41, 5.74) is 3.21. The van der Waals surface area contributed by atoms with Gasteiger partial charge in [-0.15, -0.1) is 0 Å². The first-order chi connectivity index (χ1) is 13.6. The van der Waals surface area contributed by atoms with Crippen molar-refractivity contribution in [3.8, 4) is 5.75 Å². The molecule has 1 atom stereocenters. The average molecular weight is 397 g/mol. The van der Waals surface area contributed by atoms with Gasteiger partial charge in [-0.05, 0) is 53.4 Å². The minimum Gasteiger partial charge on any atom is -0.489 e. The third kappa shape index (κ3) is 5.20. The van der Waals surface area contributed by atoms with E-state index in [1.165, 1.54) is 0 Å². The number of hydrogen-bond donors (Lipinski definition) is 2. The molecule has 0 radical (unpaired) electrons. The second-order valence-electron chi connectivity index (χ2n) is 6.46. The molecule has 0 spiro atoms. The van der Waals surface area contributed by atoms with E-state index in [1.807, 2.05) is 54.6 Å². The normalized spacial score (nSPS) is 11.8. The Morgan fingerprint density at radius 1 is 0.964 bits per heavy atom. The number of ketones is 1. The third-order valence-electron chi connectivity index (χ3n) is 4.37. The van der Waals surface area contributed by atoms with Gasteiger partial charge in [-0.2, -0.15) is 0 Å². The number of aliphatic hydroxyl groups excluding tert-OH is 2. The molecule has 5 heteroatoms. The molecule has 28 heavy (non-hydrogen) atoms. The molecule has 3 aromatic rings. The van der Waals surface area contributed by atoms with Gasteiger partial charge in [-0.3, -0.25) is 4.79 Å². The van der Waals surface area contributed by atoms with Crippen molar-refractivity contribution in [2.75, 3.05) is 6.61 Å². The summed E-state index contributed by atoms with van der Waals surface area (Å²) in [5, 5.41) is 19.0. The first-order valence-corrected chi connectivity index (χ1v) is 9.32. The van der Waals surface area contributed by atoms with Crippen LogP contribution in [0.3, 0.4) is 0 Å². The Balaban J connectivity index is 1.67. The predicted octanol–water partition coefficient (Wildman–Crippen LogP) is 4.05. The second kappa shape index (κ2) is 9.51. The van der Waals surface area contributed by atoms with Crippen LogP contribution in [-0.2, 0) is 13.0 Å². The molecular formula is C23H21ClO4. The SMILES string of the molecule is O=C(c1ccc(Cl)c(Cc2ccc(OCc3ccccc3)cc2)c1)[C@H](O)CO. The first kappa shape index (κ1) is 20.1. The van der Waals surface area contributed by atoms with Crippen molar-refractivity contribution in [3.63, 3.8) is 0 Å². The molecule has 0 unspecified atom stereocenters. The zero-order valence-corrected chi connectivity index (χ0v) is 16.0. The van der Waals surface area contributed by atoms with Crippen molar-refractivity contribution in [1.82, 2.24) is 0 Å². The molecular weight excluding hydrogens is 376 g/mol.